The second kappa shape index (κ2) is 5.44. The number of nitrogens with one attached hydrogen (secondary N) is 1. The van der Waals surface area contributed by atoms with Crippen LogP contribution in [0.15, 0.2) is 18.3 Å². The number of hydrogen-bond acceptors (Lipinski definition) is 3. The SMILES string of the molecule is CC(C)NC(=O)N1CC(Oc2ccc(Cl)cn2)C1. The summed E-state index contributed by atoms with van der Waals surface area (Å²) in [6, 6.07) is 3.55. The van der Waals surface area contributed by atoms with E-state index in [0.29, 0.717) is 24.0 Å². The van der Waals surface area contributed by atoms with Crippen LogP contribution in [0.25, 0.3) is 0 Å². The molecule has 98 valence electrons. The number of pyridine rings is 1. The largest absolute Gasteiger partial charge is 0.471 e. The molecule has 0 aliphatic carbocycles. The van der Waals surface area contributed by atoms with Crippen LogP contribution in [0.1, 0.15) is 13.8 Å². The van der Waals surface area contributed by atoms with Crippen LogP contribution >= 0.6 is 11.6 Å². The Morgan fingerprint density at radius 3 is 2.83 bits per heavy atom. The van der Waals surface area contributed by atoms with Crippen LogP contribution in [-0.4, -0.2) is 41.2 Å². The Kier molecular flexibility index (Phi) is 3.91. The minimum absolute atomic E-state index is 0.0107. The predicted octanol–water partition coefficient (Wildman–Crippen LogP) is 1.92. The molecule has 1 aromatic rings. The van der Waals surface area contributed by atoms with Crippen molar-refractivity contribution in [2.45, 2.75) is 26.0 Å². The summed E-state index contributed by atoms with van der Waals surface area (Å²) in [5, 5.41) is 3.41. The fourth-order valence-corrected chi connectivity index (χ4v) is 1.73. The van der Waals surface area contributed by atoms with Crippen LogP contribution in [-0.2, 0) is 0 Å². The van der Waals surface area contributed by atoms with Gasteiger partial charge in [0.2, 0.25) is 5.88 Å². The second-order valence-electron chi connectivity index (χ2n) is 4.56. The van der Waals surface area contributed by atoms with Gasteiger partial charge in [-0.3, -0.25) is 0 Å². The van der Waals surface area contributed by atoms with Gasteiger partial charge in [0.1, 0.15) is 6.10 Å². The van der Waals surface area contributed by atoms with Crippen LogP contribution in [0.5, 0.6) is 5.88 Å². The van der Waals surface area contributed by atoms with Crippen LogP contribution in [0, 0.1) is 0 Å². The van der Waals surface area contributed by atoms with Gasteiger partial charge in [-0.05, 0) is 19.9 Å². The average molecular weight is 270 g/mol. The number of halogens is 1. The summed E-state index contributed by atoms with van der Waals surface area (Å²) in [6.45, 7) is 5.04. The van der Waals surface area contributed by atoms with Crippen molar-refractivity contribution in [3.8, 4) is 5.88 Å². The number of carbonyl (C=O) groups is 1. The molecule has 1 aliphatic rings. The highest BCUT2D eigenvalue weighted by atomic mass is 35.5. The van der Waals surface area contributed by atoms with Gasteiger partial charge in [-0.25, -0.2) is 9.78 Å². The number of aromatic nitrogens is 1. The first-order valence-corrected chi connectivity index (χ1v) is 6.26. The summed E-state index contributed by atoms with van der Waals surface area (Å²) >= 11 is 5.73. The first kappa shape index (κ1) is 13.0. The molecule has 0 atom stereocenters. The number of carbonyl (C=O) groups excluding carboxylic acids is 1. The highest BCUT2D eigenvalue weighted by molar-refractivity contribution is 6.30. The van der Waals surface area contributed by atoms with Crippen molar-refractivity contribution in [1.29, 1.82) is 0 Å². The van der Waals surface area contributed by atoms with E-state index in [1.165, 1.54) is 0 Å². The molecule has 2 amide bonds. The number of amides is 2. The molecule has 0 unspecified atom stereocenters. The van der Waals surface area contributed by atoms with Crippen molar-refractivity contribution in [3.05, 3.63) is 23.4 Å². The highest BCUT2D eigenvalue weighted by Gasteiger charge is 2.32. The quantitative estimate of drug-likeness (QED) is 0.912. The molecule has 1 N–H and O–H groups in total. The third-order valence-electron chi connectivity index (χ3n) is 2.54. The zero-order chi connectivity index (χ0) is 13.1. The highest BCUT2D eigenvalue weighted by Crippen LogP contribution is 2.17. The van der Waals surface area contributed by atoms with E-state index >= 15 is 0 Å². The lowest BCUT2D eigenvalue weighted by molar-refractivity contribution is 0.0408. The Morgan fingerprint density at radius 2 is 2.28 bits per heavy atom. The Hall–Kier alpha value is -1.49. The Balaban J connectivity index is 1.76. The topological polar surface area (TPSA) is 54.5 Å². The summed E-state index contributed by atoms with van der Waals surface area (Å²) in [4.78, 5) is 17.4. The number of likely N-dealkylation sites (tertiary alicyclic amines) is 1. The zero-order valence-electron chi connectivity index (χ0n) is 10.4. The lowest BCUT2D eigenvalue weighted by Crippen LogP contribution is -2.59. The summed E-state index contributed by atoms with van der Waals surface area (Å²) < 4.78 is 5.60. The van der Waals surface area contributed by atoms with E-state index in [2.05, 4.69) is 10.3 Å². The number of hydrogen-bond donors (Lipinski definition) is 1. The normalized spacial score (nSPS) is 15.4. The average Bonchev–Trinajstić information content (AvgIpc) is 2.24. The lowest BCUT2D eigenvalue weighted by atomic mass is 10.2. The molecule has 0 radical (unpaired) electrons. The van der Waals surface area contributed by atoms with Gasteiger partial charge < -0.3 is 15.0 Å². The van der Waals surface area contributed by atoms with Crippen molar-refractivity contribution in [1.82, 2.24) is 15.2 Å². The number of ether oxygens (including phenoxy) is 1. The summed E-state index contributed by atoms with van der Waals surface area (Å²) in [7, 11) is 0. The molecular weight excluding hydrogens is 254 g/mol. The first-order valence-electron chi connectivity index (χ1n) is 5.88. The molecule has 1 aliphatic heterocycles. The van der Waals surface area contributed by atoms with Crippen molar-refractivity contribution >= 4 is 17.6 Å². The number of nitrogens with zero attached hydrogens (tertiary/aromatic N) is 2. The molecule has 0 aromatic carbocycles. The van der Waals surface area contributed by atoms with Gasteiger partial charge in [0.25, 0.3) is 0 Å². The Bertz CT molecular complexity index is 416. The first-order chi connectivity index (χ1) is 8.54. The van der Waals surface area contributed by atoms with Gasteiger partial charge >= 0.3 is 6.03 Å². The summed E-state index contributed by atoms with van der Waals surface area (Å²) in [5.41, 5.74) is 0. The molecule has 0 bridgehead atoms. The number of urea groups is 1. The van der Waals surface area contributed by atoms with E-state index in [4.69, 9.17) is 16.3 Å². The molecule has 18 heavy (non-hydrogen) atoms. The molecule has 1 saturated heterocycles. The smallest absolute Gasteiger partial charge is 0.317 e. The van der Waals surface area contributed by atoms with E-state index < -0.39 is 0 Å². The predicted molar refractivity (Wildman–Crippen MR) is 68.9 cm³/mol. The second-order valence-corrected chi connectivity index (χ2v) is 5.00. The molecule has 1 fully saturated rings. The monoisotopic (exact) mass is 269 g/mol. The third-order valence-corrected chi connectivity index (χ3v) is 2.76. The molecule has 1 aromatic heterocycles. The fourth-order valence-electron chi connectivity index (χ4n) is 1.62. The maximum atomic E-state index is 11.6. The van der Waals surface area contributed by atoms with Crippen molar-refractivity contribution < 1.29 is 9.53 Å². The minimum Gasteiger partial charge on any atom is -0.471 e. The van der Waals surface area contributed by atoms with Gasteiger partial charge in [-0.15, -0.1) is 0 Å². The zero-order valence-corrected chi connectivity index (χ0v) is 11.1. The minimum atomic E-state index is -0.0473. The fraction of sp³-hybridized carbons (Fsp3) is 0.500. The lowest BCUT2D eigenvalue weighted by Gasteiger charge is -2.38. The molecule has 2 heterocycles. The Morgan fingerprint density at radius 1 is 1.56 bits per heavy atom. The van der Waals surface area contributed by atoms with Crippen LogP contribution < -0.4 is 10.1 Å². The molecule has 2 rings (SSSR count). The van der Waals surface area contributed by atoms with Gasteiger partial charge in [0, 0.05) is 18.3 Å². The van der Waals surface area contributed by atoms with Gasteiger partial charge in [-0.2, -0.15) is 0 Å². The van der Waals surface area contributed by atoms with Gasteiger partial charge in [-0.1, -0.05) is 11.6 Å². The summed E-state index contributed by atoms with van der Waals surface area (Å²) in [6.07, 6.45) is 1.55. The number of rotatable bonds is 3. The van der Waals surface area contributed by atoms with E-state index in [0.717, 1.165) is 0 Å². The molecule has 0 saturated carbocycles. The van der Waals surface area contributed by atoms with Crippen molar-refractivity contribution in [2.75, 3.05) is 13.1 Å². The van der Waals surface area contributed by atoms with E-state index in [1.807, 2.05) is 13.8 Å². The van der Waals surface area contributed by atoms with Crippen LogP contribution in [0.3, 0.4) is 0 Å². The maximum Gasteiger partial charge on any atom is 0.317 e. The third kappa shape index (κ3) is 3.26. The molecule has 5 nitrogen and oxygen atoms in total. The van der Waals surface area contributed by atoms with Gasteiger partial charge in [0.15, 0.2) is 0 Å². The van der Waals surface area contributed by atoms with Gasteiger partial charge in [0.05, 0.1) is 18.1 Å². The van der Waals surface area contributed by atoms with Crippen LogP contribution in [0.4, 0.5) is 4.79 Å². The maximum absolute atomic E-state index is 11.6. The van der Waals surface area contributed by atoms with E-state index in [-0.39, 0.29) is 18.2 Å². The Labute approximate surface area is 111 Å². The molecule has 6 heteroatoms. The summed E-state index contributed by atoms with van der Waals surface area (Å²) in [5.74, 6) is 0.535. The van der Waals surface area contributed by atoms with Crippen molar-refractivity contribution in [2.24, 2.45) is 0 Å². The molecular formula is C12H16ClN3O2. The van der Waals surface area contributed by atoms with Crippen molar-refractivity contribution in [3.63, 3.8) is 0 Å². The van der Waals surface area contributed by atoms with Crippen LogP contribution in [0.2, 0.25) is 5.02 Å². The molecule has 0 spiro atoms. The standard InChI is InChI=1S/C12H16ClN3O2/c1-8(2)15-12(17)16-6-10(7-16)18-11-4-3-9(13)5-14-11/h3-5,8,10H,6-7H2,1-2H3,(H,15,17). The van der Waals surface area contributed by atoms with E-state index in [1.54, 1.807) is 23.2 Å². The van der Waals surface area contributed by atoms with E-state index in [9.17, 15) is 4.79 Å².